The van der Waals surface area contributed by atoms with Gasteiger partial charge in [0.05, 0.1) is 5.56 Å². The predicted molar refractivity (Wildman–Crippen MR) is 149 cm³/mol. The number of nitrogens with zero attached hydrogens (tertiary/aromatic N) is 2. The summed E-state index contributed by atoms with van der Waals surface area (Å²) in [7, 11) is 0. The maximum Gasteiger partial charge on any atom is 0.253 e. The van der Waals surface area contributed by atoms with Gasteiger partial charge in [-0.2, -0.15) is 0 Å². The number of likely N-dealkylation sites (tertiary alicyclic amines) is 1. The molecule has 2 N–H and O–H groups in total. The van der Waals surface area contributed by atoms with E-state index in [1.807, 2.05) is 49.1 Å². The number of amides is 3. The highest BCUT2D eigenvalue weighted by Gasteiger charge is 2.41. The SMILES string of the molecule is CCN(CC)C(=O)c1ccc(C2=CC3(CCN(C(=O)CC(C)(C)C)CC3)Oc3cccc(C(N)=O)c32)cc1. The van der Waals surface area contributed by atoms with Crippen molar-refractivity contribution in [3.05, 3.63) is 70.8 Å². The normalized spacial score (nSPS) is 16.3. The maximum absolute atomic E-state index is 12.9. The van der Waals surface area contributed by atoms with E-state index in [4.69, 9.17) is 10.5 Å². The molecule has 0 aromatic heterocycles. The Bertz CT molecular complexity index is 1240. The highest BCUT2D eigenvalue weighted by molar-refractivity contribution is 6.02. The molecule has 2 aromatic rings. The first-order chi connectivity index (χ1) is 18.0. The van der Waals surface area contributed by atoms with Crippen LogP contribution in [-0.2, 0) is 4.79 Å². The van der Waals surface area contributed by atoms with Gasteiger partial charge < -0.3 is 20.3 Å². The molecule has 0 atom stereocenters. The van der Waals surface area contributed by atoms with Crippen LogP contribution in [0.5, 0.6) is 5.75 Å². The molecule has 0 saturated carbocycles. The fourth-order valence-electron chi connectivity index (χ4n) is 5.34. The summed E-state index contributed by atoms with van der Waals surface area (Å²) in [5.74, 6) is 0.238. The van der Waals surface area contributed by atoms with Crippen molar-refractivity contribution in [3.63, 3.8) is 0 Å². The van der Waals surface area contributed by atoms with Gasteiger partial charge in [0, 0.05) is 56.6 Å². The van der Waals surface area contributed by atoms with Crippen LogP contribution in [0.4, 0.5) is 0 Å². The number of carbonyl (C=O) groups is 3. The predicted octanol–water partition coefficient (Wildman–Crippen LogP) is 4.89. The Morgan fingerprint density at radius 3 is 2.18 bits per heavy atom. The van der Waals surface area contributed by atoms with E-state index in [9.17, 15) is 14.4 Å². The highest BCUT2D eigenvalue weighted by atomic mass is 16.5. The van der Waals surface area contributed by atoms with Gasteiger partial charge in [0.15, 0.2) is 0 Å². The molecular weight excluding hydrogens is 478 g/mol. The Morgan fingerprint density at radius 2 is 1.63 bits per heavy atom. The zero-order chi connectivity index (χ0) is 27.7. The van der Waals surface area contributed by atoms with E-state index in [0.717, 1.165) is 11.1 Å². The molecule has 0 aliphatic carbocycles. The van der Waals surface area contributed by atoms with Gasteiger partial charge in [-0.25, -0.2) is 0 Å². The van der Waals surface area contributed by atoms with Crippen molar-refractivity contribution < 1.29 is 19.1 Å². The van der Waals surface area contributed by atoms with E-state index in [-0.39, 0.29) is 17.2 Å². The second-order valence-electron chi connectivity index (χ2n) is 11.4. The minimum absolute atomic E-state index is 0.00972. The number of carbonyl (C=O) groups excluding carboxylic acids is 3. The third-order valence-corrected chi connectivity index (χ3v) is 7.42. The summed E-state index contributed by atoms with van der Waals surface area (Å²) in [6.07, 6.45) is 3.89. The number of fused-ring (bicyclic) bond motifs is 1. The summed E-state index contributed by atoms with van der Waals surface area (Å²) in [6.45, 7) is 12.6. The summed E-state index contributed by atoms with van der Waals surface area (Å²) < 4.78 is 6.57. The van der Waals surface area contributed by atoms with Crippen LogP contribution >= 0.6 is 0 Å². The van der Waals surface area contributed by atoms with Gasteiger partial charge in [-0.3, -0.25) is 14.4 Å². The molecule has 0 bridgehead atoms. The summed E-state index contributed by atoms with van der Waals surface area (Å²) in [5, 5.41) is 0. The van der Waals surface area contributed by atoms with Crippen molar-refractivity contribution in [1.82, 2.24) is 9.80 Å². The van der Waals surface area contributed by atoms with Gasteiger partial charge in [-0.05, 0) is 60.7 Å². The number of benzene rings is 2. The first-order valence-corrected chi connectivity index (χ1v) is 13.5. The molecule has 7 heteroatoms. The topological polar surface area (TPSA) is 92.9 Å². The minimum Gasteiger partial charge on any atom is -0.482 e. The first kappa shape index (κ1) is 27.4. The Labute approximate surface area is 225 Å². The standard InChI is InChI=1S/C31H39N3O4/c1-6-33(7-2)29(37)22-13-11-21(12-14-22)24-19-31(38-25-10-8-9-23(27(24)25)28(32)36)15-17-34(18-16-31)26(35)20-30(3,4)5/h8-14,19H,6-7,15-18,20H2,1-5H3,(H2,32,36). The van der Waals surface area contributed by atoms with Gasteiger partial charge in [-0.15, -0.1) is 0 Å². The first-order valence-electron chi connectivity index (χ1n) is 13.5. The third-order valence-electron chi connectivity index (χ3n) is 7.42. The number of hydrogen-bond donors (Lipinski definition) is 1. The zero-order valence-electron chi connectivity index (χ0n) is 23.2. The molecule has 7 nitrogen and oxygen atoms in total. The van der Waals surface area contributed by atoms with Crippen LogP contribution in [0.1, 0.15) is 85.7 Å². The second kappa shape index (κ2) is 10.6. The van der Waals surface area contributed by atoms with E-state index in [1.54, 1.807) is 17.0 Å². The van der Waals surface area contributed by atoms with Crippen LogP contribution in [0.25, 0.3) is 5.57 Å². The van der Waals surface area contributed by atoms with Gasteiger partial charge in [0.1, 0.15) is 11.4 Å². The Morgan fingerprint density at radius 1 is 1.00 bits per heavy atom. The lowest BCUT2D eigenvalue weighted by Gasteiger charge is -2.43. The van der Waals surface area contributed by atoms with E-state index in [0.29, 0.717) is 67.9 Å². The largest absolute Gasteiger partial charge is 0.482 e. The Balaban J connectivity index is 1.69. The summed E-state index contributed by atoms with van der Waals surface area (Å²) in [4.78, 5) is 41.8. The average Bonchev–Trinajstić information content (AvgIpc) is 2.88. The molecule has 202 valence electrons. The second-order valence-corrected chi connectivity index (χ2v) is 11.4. The highest BCUT2D eigenvalue weighted by Crippen LogP contribution is 2.45. The van der Waals surface area contributed by atoms with E-state index < -0.39 is 11.5 Å². The van der Waals surface area contributed by atoms with Crippen molar-refractivity contribution in [3.8, 4) is 5.75 Å². The zero-order valence-corrected chi connectivity index (χ0v) is 23.2. The van der Waals surface area contributed by atoms with Crippen LogP contribution in [0.15, 0.2) is 48.5 Å². The number of primary amides is 1. The van der Waals surface area contributed by atoms with E-state index in [1.165, 1.54) is 0 Å². The van der Waals surface area contributed by atoms with Crippen LogP contribution in [-0.4, -0.2) is 59.3 Å². The van der Waals surface area contributed by atoms with Crippen LogP contribution in [0.2, 0.25) is 0 Å². The van der Waals surface area contributed by atoms with Gasteiger partial charge in [0.25, 0.3) is 5.91 Å². The van der Waals surface area contributed by atoms with Crippen LogP contribution in [0, 0.1) is 5.41 Å². The molecule has 2 heterocycles. The van der Waals surface area contributed by atoms with Crippen LogP contribution < -0.4 is 10.5 Å². The van der Waals surface area contributed by atoms with Gasteiger partial charge in [-0.1, -0.05) is 39.0 Å². The van der Waals surface area contributed by atoms with E-state index >= 15 is 0 Å². The summed E-state index contributed by atoms with van der Waals surface area (Å²) in [5.41, 5.74) is 8.51. The molecule has 0 radical (unpaired) electrons. The molecular formula is C31H39N3O4. The Kier molecular flexibility index (Phi) is 7.68. The van der Waals surface area contributed by atoms with Crippen molar-refractivity contribution in [1.29, 1.82) is 0 Å². The molecule has 2 aromatic carbocycles. The fraction of sp³-hybridized carbons (Fsp3) is 0.452. The maximum atomic E-state index is 12.9. The Hall–Kier alpha value is -3.61. The lowest BCUT2D eigenvalue weighted by molar-refractivity contribution is -0.135. The number of hydrogen-bond acceptors (Lipinski definition) is 4. The van der Waals surface area contributed by atoms with Crippen molar-refractivity contribution in [2.75, 3.05) is 26.2 Å². The average molecular weight is 518 g/mol. The quantitative estimate of drug-likeness (QED) is 0.591. The number of piperidine rings is 1. The van der Waals surface area contributed by atoms with Gasteiger partial charge in [0.2, 0.25) is 11.8 Å². The van der Waals surface area contributed by atoms with Crippen molar-refractivity contribution >= 4 is 23.3 Å². The molecule has 0 unspecified atom stereocenters. The van der Waals surface area contributed by atoms with Crippen molar-refractivity contribution in [2.24, 2.45) is 11.1 Å². The van der Waals surface area contributed by atoms with E-state index in [2.05, 4.69) is 26.8 Å². The molecule has 4 rings (SSSR count). The molecule has 38 heavy (non-hydrogen) atoms. The molecule has 3 amide bonds. The fourth-order valence-corrected chi connectivity index (χ4v) is 5.34. The monoisotopic (exact) mass is 517 g/mol. The molecule has 1 fully saturated rings. The molecule has 2 aliphatic rings. The number of rotatable bonds is 6. The minimum atomic E-state index is -0.604. The van der Waals surface area contributed by atoms with Crippen LogP contribution in [0.3, 0.4) is 0 Å². The smallest absolute Gasteiger partial charge is 0.253 e. The lowest BCUT2D eigenvalue weighted by Crippen LogP contribution is -2.50. The summed E-state index contributed by atoms with van der Waals surface area (Å²) in [6, 6.07) is 12.9. The number of nitrogens with two attached hydrogens (primary N) is 1. The molecule has 1 spiro atoms. The summed E-state index contributed by atoms with van der Waals surface area (Å²) >= 11 is 0. The van der Waals surface area contributed by atoms with Gasteiger partial charge >= 0.3 is 0 Å². The molecule has 2 aliphatic heterocycles. The molecule has 1 saturated heterocycles. The number of ether oxygens (including phenoxy) is 1. The van der Waals surface area contributed by atoms with Crippen molar-refractivity contribution in [2.45, 2.75) is 59.5 Å². The third kappa shape index (κ3) is 5.62. The lowest BCUT2D eigenvalue weighted by atomic mass is 9.81.